The highest BCUT2D eigenvalue weighted by Crippen LogP contribution is 2.31. The van der Waals surface area contributed by atoms with Gasteiger partial charge in [-0.2, -0.15) is 5.26 Å². The zero-order valence-corrected chi connectivity index (χ0v) is 15.3. The molecule has 1 aromatic carbocycles. The van der Waals surface area contributed by atoms with Crippen LogP contribution in [0.25, 0.3) is 10.9 Å². The summed E-state index contributed by atoms with van der Waals surface area (Å²) in [6.07, 6.45) is 1.49. The maximum atomic E-state index is 14.2. The minimum absolute atomic E-state index is 0.115. The first-order valence-electron chi connectivity index (χ1n) is 6.89. The molecule has 0 aliphatic heterocycles. The van der Waals surface area contributed by atoms with Crippen LogP contribution in [0.3, 0.4) is 0 Å². The van der Waals surface area contributed by atoms with E-state index in [1.54, 1.807) is 4.57 Å². The van der Waals surface area contributed by atoms with Crippen molar-refractivity contribution in [3.63, 3.8) is 0 Å². The van der Waals surface area contributed by atoms with E-state index in [4.69, 9.17) is 10.00 Å². The third-order valence-electron chi connectivity index (χ3n) is 3.35. The summed E-state index contributed by atoms with van der Waals surface area (Å²) in [7, 11) is -1.19. The van der Waals surface area contributed by atoms with Gasteiger partial charge in [-0.1, -0.05) is 19.6 Å². The smallest absolute Gasteiger partial charge is 0.151 e. The summed E-state index contributed by atoms with van der Waals surface area (Å²) < 4.78 is 34.8. The van der Waals surface area contributed by atoms with E-state index in [0.29, 0.717) is 12.1 Å². The third kappa shape index (κ3) is 3.56. The number of hydrogen-bond acceptors (Lipinski definition) is 2. The number of halogens is 3. The topological polar surface area (TPSA) is 38.0 Å². The predicted molar refractivity (Wildman–Crippen MR) is 88.4 cm³/mol. The van der Waals surface area contributed by atoms with Gasteiger partial charge in [-0.25, -0.2) is 8.78 Å². The molecule has 1 heterocycles. The molecule has 0 spiro atoms. The molecule has 2 rings (SSSR count). The summed E-state index contributed by atoms with van der Waals surface area (Å²) in [5, 5.41) is 9.25. The molecule has 0 aliphatic rings. The first kappa shape index (κ1) is 17.1. The lowest BCUT2D eigenvalue weighted by Crippen LogP contribution is -2.21. The van der Waals surface area contributed by atoms with Crippen LogP contribution in [0.1, 0.15) is 5.56 Å². The lowest BCUT2D eigenvalue weighted by Gasteiger charge is -2.15. The number of nitriles is 1. The standard InChI is InChI=1S/C15H17BrF2N2OSi/c1-22(2,3)5-4-21-9-20-8-10(7-19)13-12(20)6-11(17)14(16)15(13)18/h6,8H,4-5,9H2,1-3H3. The van der Waals surface area contributed by atoms with Crippen LogP contribution in [-0.4, -0.2) is 19.2 Å². The Morgan fingerprint density at radius 2 is 2.05 bits per heavy atom. The molecular formula is C15H17BrF2N2OSi. The Labute approximate surface area is 137 Å². The molecule has 0 N–H and O–H groups in total. The van der Waals surface area contributed by atoms with Gasteiger partial charge < -0.3 is 9.30 Å². The highest BCUT2D eigenvalue weighted by molar-refractivity contribution is 9.10. The van der Waals surface area contributed by atoms with Gasteiger partial charge in [0.2, 0.25) is 0 Å². The van der Waals surface area contributed by atoms with Crippen molar-refractivity contribution in [2.24, 2.45) is 0 Å². The second kappa shape index (κ2) is 6.48. The van der Waals surface area contributed by atoms with Crippen molar-refractivity contribution in [3.05, 3.63) is 33.9 Å². The van der Waals surface area contributed by atoms with Gasteiger partial charge in [0.25, 0.3) is 0 Å². The second-order valence-electron chi connectivity index (χ2n) is 6.35. The number of benzene rings is 1. The fourth-order valence-electron chi connectivity index (χ4n) is 2.09. The third-order valence-corrected chi connectivity index (χ3v) is 5.78. The van der Waals surface area contributed by atoms with Crippen LogP contribution in [-0.2, 0) is 11.5 Å². The number of ether oxygens (including phenoxy) is 1. The lowest BCUT2D eigenvalue weighted by atomic mass is 10.2. The number of fused-ring (bicyclic) bond motifs is 1. The zero-order chi connectivity index (χ0) is 16.5. The second-order valence-corrected chi connectivity index (χ2v) is 12.8. The molecule has 0 fully saturated rings. The van der Waals surface area contributed by atoms with Crippen LogP contribution in [0.4, 0.5) is 8.78 Å². The molecule has 0 bridgehead atoms. The fraction of sp³-hybridized carbons (Fsp3) is 0.400. The highest BCUT2D eigenvalue weighted by atomic mass is 79.9. The molecule has 0 radical (unpaired) electrons. The van der Waals surface area contributed by atoms with Crippen molar-refractivity contribution >= 4 is 34.9 Å². The Kier molecular flexibility index (Phi) is 5.05. The molecule has 2 aromatic rings. The van der Waals surface area contributed by atoms with E-state index < -0.39 is 19.7 Å². The minimum Gasteiger partial charge on any atom is -0.361 e. The van der Waals surface area contributed by atoms with Crippen LogP contribution in [0.15, 0.2) is 16.7 Å². The maximum Gasteiger partial charge on any atom is 0.151 e. The molecule has 22 heavy (non-hydrogen) atoms. The quantitative estimate of drug-likeness (QED) is 0.417. The monoisotopic (exact) mass is 386 g/mol. The summed E-state index contributed by atoms with van der Waals surface area (Å²) in [5.74, 6) is -1.46. The Hall–Kier alpha value is -1.23. The number of hydrogen-bond donors (Lipinski definition) is 0. The number of aromatic nitrogens is 1. The lowest BCUT2D eigenvalue weighted by molar-refractivity contribution is 0.0902. The summed E-state index contributed by atoms with van der Waals surface area (Å²) >= 11 is 2.86. The summed E-state index contributed by atoms with van der Waals surface area (Å²) in [5.41, 5.74) is 0.491. The van der Waals surface area contributed by atoms with Crippen molar-refractivity contribution in [1.82, 2.24) is 4.57 Å². The molecule has 0 amide bonds. The largest absolute Gasteiger partial charge is 0.361 e. The molecule has 0 saturated carbocycles. The SMILES string of the molecule is C[Si](C)(C)CCOCn1cc(C#N)c2c(F)c(Br)c(F)cc21. The Balaban J connectivity index is 2.30. The van der Waals surface area contributed by atoms with Gasteiger partial charge >= 0.3 is 0 Å². The van der Waals surface area contributed by atoms with E-state index in [0.717, 1.165) is 6.04 Å². The summed E-state index contributed by atoms with van der Waals surface area (Å²) in [4.78, 5) is 0. The molecule has 1 aromatic heterocycles. The van der Waals surface area contributed by atoms with E-state index in [2.05, 4.69) is 35.6 Å². The Bertz CT molecular complexity index is 747. The van der Waals surface area contributed by atoms with Gasteiger partial charge in [0.1, 0.15) is 18.6 Å². The Morgan fingerprint density at radius 1 is 1.36 bits per heavy atom. The van der Waals surface area contributed by atoms with Crippen molar-refractivity contribution in [2.75, 3.05) is 6.61 Å². The van der Waals surface area contributed by atoms with E-state index in [9.17, 15) is 8.78 Å². The van der Waals surface area contributed by atoms with Crippen molar-refractivity contribution < 1.29 is 13.5 Å². The number of rotatable bonds is 5. The van der Waals surface area contributed by atoms with E-state index >= 15 is 0 Å². The first-order chi connectivity index (χ1) is 10.2. The molecule has 3 nitrogen and oxygen atoms in total. The molecule has 0 atom stereocenters. The normalized spacial score (nSPS) is 11.9. The molecule has 7 heteroatoms. The summed E-state index contributed by atoms with van der Waals surface area (Å²) in [6.45, 7) is 7.51. The average Bonchev–Trinajstić information content (AvgIpc) is 2.78. The predicted octanol–water partition coefficient (Wildman–Crippen LogP) is 4.87. The van der Waals surface area contributed by atoms with Crippen molar-refractivity contribution in [3.8, 4) is 6.07 Å². The van der Waals surface area contributed by atoms with Gasteiger partial charge in [0.05, 0.1) is 20.9 Å². The van der Waals surface area contributed by atoms with E-state index in [1.165, 1.54) is 12.3 Å². The van der Waals surface area contributed by atoms with Gasteiger partial charge in [-0.3, -0.25) is 0 Å². The van der Waals surface area contributed by atoms with Crippen LogP contribution in [0.2, 0.25) is 25.7 Å². The van der Waals surface area contributed by atoms with E-state index in [1.807, 2.05) is 6.07 Å². The average molecular weight is 387 g/mol. The molecular weight excluding hydrogens is 370 g/mol. The fourth-order valence-corrected chi connectivity index (χ4v) is 3.16. The molecule has 0 aliphatic carbocycles. The van der Waals surface area contributed by atoms with Crippen molar-refractivity contribution in [2.45, 2.75) is 32.4 Å². The van der Waals surface area contributed by atoms with Crippen LogP contribution in [0, 0.1) is 23.0 Å². The molecule has 0 unspecified atom stereocenters. The van der Waals surface area contributed by atoms with Gasteiger partial charge in [-0.05, 0) is 28.0 Å². The first-order valence-corrected chi connectivity index (χ1v) is 11.4. The van der Waals surface area contributed by atoms with Crippen LogP contribution < -0.4 is 0 Å². The maximum absolute atomic E-state index is 14.2. The Morgan fingerprint density at radius 3 is 2.64 bits per heavy atom. The van der Waals surface area contributed by atoms with Gasteiger partial charge in [0, 0.05) is 20.9 Å². The highest BCUT2D eigenvalue weighted by Gasteiger charge is 2.19. The van der Waals surface area contributed by atoms with Gasteiger partial charge in [-0.15, -0.1) is 0 Å². The van der Waals surface area contributed by atoms with Gasteiger partial charge in [0.15, 0.2) is 5.82 Å². The van der Waals surface area contributed by atoms with Crippen LogP contribution >= 0.6 is 15.9 Å². The number of nitrogens with zero attached hydrogens (tertiary/aromatic N) is 2. The molecule has 118 valence electrons. The molecule has 0 saturated heterocycles. The van der Waals surface area contributed by atoms with Crippen molar-refractivity contribution in [1.29, 1.82) is 5.26 Å². The van der Waals surface area contributed by atoms with Crippen LogP contribution in [0.5, 0.6) is 0 Å². The summed E-state index contributed by atoms with van der Waals surface area (Å²) in [6, 6.07) is 4.16. The minimum atomic E-state index is -1.19. The zero-order valence-electron chi connectivity index (χ0n) is 12.7. The van der Waals surface area contributed by atoms with E-state index in [-0.39, 0.29) is 22.2 Å².